The fraction of sp³-hybridized carbons (Fsp3) is 0.312. The van der Waals surface area contributed by atoms with Crippen LogP contribution < -0.4 is 10.1 Å². The van der Waals surface area contributed by atoms with Gasteiger partial charge in [0.1, 0.15) is 11.4 Å². The van der Waals surface area contributed by atoms with E-state index in [1.165, 1.54) is 36.8 Å². The molecule has 25 heavy (non-hydrogen) atoms. The van der Waals surface area contributed by atoms with Gasteiger partial charge in [-0.1, -0.05) is 12.1 Å². The molecule has 0 saturated heterocycles. The molecule has 1 heterocycles. The van der Waals surface area contributed by atoms with E-state index in [1.54, 1.807) is 6.07 Å². The third kappa shape index (κ3) is 6.38. The maximum absolute atomic E-state index is 12.3. The number of rotatable bonds is 7. The van der Waals surface area contributed by atoms with Crippen molar-refractivity contribution >= 4 is 5.91 Å². The highest BCUT2D eigenvalue weighted by Gasteiger charge is 2.31. The molecule has 134 valence electrons. The van der Waals surface area contributed by atoms with Crippen molar-refractivity contribution in [1.29, 1.82) is 0 Å². The Balaban J connectivity index is 1.93. The molecular formula is C16H16F3N3O3. The highest BCUT2D eigenvalue weighted by molar-refractivity contribution is 5.91. The molecule has 9 heteroatoms. The molecule has 1 amide bonds. The lowest BCUT2D eigenvalue weighted by molar-refractivity contribution is -0.274. The van der Waals surface area contributed by atoms with Gasteiger partial charge in [0.05, 0.1) is 6.20 Å². The molecule has 1 atom stereocenters. The molecule has 2 aromatic rings. The van der Waals surface area contributed by atoms with Crippen molar-refractivity contribution in [2.45, 2.75) is 12.8 Å². The van der Waals surface area contributed by atoms with Crippen LogP contribution in [0.5, 0.6) is 5.75 Å². The predicted octanol–water partition coefficient (Wildman–Crippen LogP) is 1.96. The summed E-state index contributed by atoms with van der Waals surface area (Å²) in [6, 6.07) is 5.50. The number of hydrogen-bond acceptors (Lipinski definition) is 5. The topological polar surface area (TPSA) is 84.3 Å². The number of hydrogen-bond donors (Lipinski definition) is 2. The maximum Gasteiger partial charge on any atom is 0.573 e. The summed E-state index contributed by atoms with van der Waals surface area (Å²) in [5, 5.41) is 12.0. The van der Waals surface area contributed by atoms with Gasteiger partial charge >= 0.3 is 6.36 Å². The number of alkyl halides is 3. The standard InChI is InChI=1S/C16H16F3N3O3/c17-16(18,19)25-13-3-1-2-11(7-13)6-12(10-23)8-22-15(24)14-9-20-4-5-21-14/h1-5,7,9,12,23H,6,8,10H2,(H,22,24). The number of amides is 1. The number of aliphatic hydroxyl groups excluding tert-OH is 1. The van der Waals surface area contributed by atoms with Gasteiger partial charge in [0.15, 0.2) is 0 Å². The van der Waals surface area contributed by atoms with Crippen LogP contribution in [0.4, 0.5) is 13.2 Å². The zero-order chi connectivity index (χ0) is 18.3. The molecule has 2 rings (SSSR count). The molecule has 0 fully saturated rings. The summed E-state index contributed by atoms with van der Waals surface area (Å²) in [7, 11) is 0. The van der Waals surface area contributed by atoms with Crippen LogP contribution in [-0.2, 0) is 6.42 Å². The van der Waals surface area contributed by atoms with E-state index in [-0.39, 0.29) is 36.9 Å². The van der Waals surface area contributed by atoms with E-state index in [2.05, 4.69) is 20.0 Å². The van der Waals surface area contributed by atoms with Crippen LogP contribution in [0.1, 0.15) is 16.1 Å². The van der Waals surface area contributed by atoms with E-state index in [4.69, 9.17) is 0 Å². The summed E-state index contributed by atoms with van der Waals surface area (Å²) in [6.07, 6.45) is -0.374. The van der Waals surface area contributed by atoms with Crippen molar-refractivity contribution in [1.82, 2.24) is 15.3 Å². The normalized spacial score (nSPS) is 12.5. The average molecular weight is 355 g/mol. The first-order chi connectivity index (χ1) is 11.9. The number of benzene rings is 1. The Bertz CT molecular complexity index is 696. The minimum atomic E-state index is -4.76. The number of carbonyl (C=O) groups excluding carboxylic acids is 1. The molecule has 1 aromatic heterocycles. The highest BCUT2D eigenvalue weighted by atomic mass is 19.4. The Morgan fingerprint density at radius 2 is 2.12 bits per heavy atom. The lowest BCUT2D eigenvalue weighted by atomic mass is 10.00. The molecule has 0 aliphatic carbocycles. The van der Waals surface area contributed by atoms with E-state index in [9.17, 15) is 23.1 Å². The molecule has 0 aliphatic rings. The first kappa shape index (κ1) is 18.7. The number of nitrogens with zero attached hydrogens (tertiary/aromatic N) is 2. The lowest BCUT2D eigenvalue weighted by Gasteiger charge is -2.16. The Morgan fingerprint density at radius 3 is 2.76 bits per heavy atom. The monoisotopic (exact) mass is 355 g/mol. The number of aliphatic hydroxyl groups is 1. The van der Waals surface area contributed by atoms with Gasteiger partial charge in [-0.3, -0.25) is 9.78 Å². The summed E-state index contributed by atoms with van der Waals surface area (Å²) in [4.78, 5) is 19.5. The summed E-state index contributed by atoms with van der Waals surface area (Å²) in [5.74, 6) is -1.15. The number of aromatic nitrogens is 2. The van der Waals surface area contributed by atoms with Crippen LogP contribution in [0, 0.1) is 5.92 Å². The van der Waals surface area contributed by atoms with Gasteiger partial charge in [-0.25, -0.2) is 4.98 Å². The summed E-state index contributed by atoms with van der Waals surface area (Å²) >= 11 is 0. The van der Waals surface area contributed by atoms with Gasteiger partial charge < -0.3 is 15.2 Å². The van der Waals surface area contributed by atoms with Gasteiger partial charge in [0.2, 0.25) is 0 Å². The van der Waals surface area contributed by atoms with Gasteiger partial charge in [0, 0.05) is 31.5 Å². The smallest absolute Gasteiger partial charge is 0.406 e. The molecule has 0 saturated carbocycles. The number of nitrogens with one attached hydrogen (secondary N) is 1. The minimum absolute atomic E-state index is 0.135. The second kappa shape index (κ2) is 8.43. The quantitative estimate of drug-likeness (QED) is 0.793. The average Bonchev–Trinajstić information content (AvgIpc) is 2.58. The molecule has 6 nitrogen and oxygen atoms in total. The van der Waals surface area contributed by atoms with Crippen LogP contribution in [0.15, 0.2) is 42.9 Å². The lowest BCUT2D eigenvalue weighted by Crippen LogP contribution is -2.32. The largest absolute Gasteiger partial charge is 0.573 e. The second-order valence-electron chi connectivity index (χ2n) is 5.25. The maximum atomic E-state index is 12.3. The fourth-order valence-electron chi connectivity index (χ4n) is 2.15. The molecule has 0 radical (unpaired) electrons. The van der Waals surface area contributed by atoms with Crippen molar-refractivity contribution in [2.24, 2.45) is 5.92 Å². The van der Waals surface area contributed by atoms with E-state index < -0.39 is 12.3 Å². The van der Waals surface area contributed by atoms with Gasteiger partial charge in [-0.2, -0.15) is 0 Å². The summed E-state index contributed by atoms with van der Waals surface area (Å²) in [5.41, 5.74) is 0.689. The molecule has 1 unspecified atom stereocenters. The SMILES string of the molecule is O=C(NCC(CO)Cc1cccc(OC(F)(F)F)c1)c1cnccn1. The van der Waals surface area contributed by atoms with Crippen molar-refractivity contribution in [2.75, 3.05) is 13.2 Å². The fourth-order valence-corrected chi connectivity index (χ4v) is 2.15. The highest BCUT2D eigenvalue weighted by Crippen LogP contribution is 2.24. The van der Waals surface area contributed by atoms with E-state index in [1.807, 2.05) is 0 Å². The van der Waals surface area contributed by atoms with Crippen LogP contribution >= 0.6 is 0 Å². The van der Waals surface area contributed by atoms with E-state index in [0.29, 0.717) is 5.56 Å². The Hall–Kier alpha value is -2.68. The molecule has 0 aliphatic heterocycles. The summed E-state index contributed by atoms with van der Waals surface area (Å²) < 4.78 is 40.6. The Kier molecular flexibility index (Phi) is 6.29. The van der Waals surface area contributed by atoms with Gasteiger partial charge in [-0.05, 0) is 24.1 Å². The first-order valence-corrected chi connectivity index (χ1v) is 7.37. The zero-order valence-electron chi connectivity index (χ0n) is 13.0. The molecule has 0 spiro atoms. The van der Waals surface area contributed by atoms with Crippen molar-refractivity contribution in [3.05, 3.63) is 54.1 Å². The van der Waals surface area contributed by atoms with Crippen molar-refractivity contribution < 1.29 is 27.8 Å². The number of carbonyl (C=O) groups is 1. The van der Waals surface area contributed by atoms with Crippen LogP contribution in [-0.4, -0.2) is 40.5 Å². The molecular weight excluding hydrogens is 339 g/mol. The molecule has 0 bridgehead atoms. The first-order valence-electron chi connectivity index (χ1n) is 7.37. The Morgan fingerprint density at radius 1 is 1.32 bits per heavy atom. The van der Waals surface area contributed by atoms with Gasteiger partial charge in [0.25, 0.3) is 5.91 Å². The van der Waals surface area contributed by atoms with E-state index >= 15 is 0 Å². The van der Waals surface area contributed by atoms with Crippen LogP contribution in [0.2, 0.25) is 0 Å². The molecule has 2 N–H and O–H groups in total. The Labute approximate surface area is 141 Å². The predicted molar refractivity (Wildman–Crippen MR) is 81.8 cm³/mol. The zero-order valence-corrected chi connectivity index (χ0v) is 13.0. The second-order valence-corrected chi connectivity index (χ2v) is 5.25. The third-order valence-electron chi connectivity index (χ3n) is 3.26. The molecule has 1 aromatic carbocycles. The van der Waals surface area contributed by atoms with Crippen molar-refractivity contribution in [3.8, 4) is 5.75 Å². The third-order valence-corrected chi connectivity index (χ3v) is 3.26. The van der Waals surface area contributed by atoms with Crippen molar-refractivity contribution in [3.63, 3.8) is 0 Å². The van der Waals surface area contributed by atoms with Crippen LogP contribution in [0.3, 0.4) is 0 Å². The summed E-state index contributed by atoms with van der Waals surface area (Å²) in [6.45, 7) is -0.110. The number of ether oxygens (including phenoxy) is 1. The number of halogens is 3. The van der Waals surface area contributed by atoms with Crippen LogP contribution in [0.25, 0.3) is 0 Å². The van der Waals surface area contributed by atoms with E-state index in [0.717, 1.165) is 0 Å². The van der Waals surface area contributed by atoms with Gasteiger partial charge in [-0.15, -0.1) is 13.2 Å². The minimum Gasteiger partial charge on any atom is -0.406 e.